The van der Waals surface area contributed by atoms with Crippen LogP contribution in [0, 0.1) is 17.8 Å². The van der Waals surface area contributed by atoms with Crippen molar-refractivity contribution >= 4 is 17.8 Å². The number of para-hydroxylation sites is 1. The van der Waals surface area contributed by atoms with Crippen molar-refractivity contribution in [2.45, 2.75) is 44.6 Å². The van der Waals surface area contributed by atoms with E-state index >= 15 is 0 Å². The minimum absolute atomic E-state index is 0.0273. The third-order valence-electron chi connectivity index (χ3n) is 7.04. The standard InChI is InChI=1S/C34H35NO8/c36-32(35-27-10-6-9-25(22-27)33(37)38)30-23-26(34(39)40)15-18-31(30)43-21-7-8-24-13-16-29(17-14-24)42-20-5-4-19-41-28-11-2-1-3-12-28/h1-3,11-18,23,25,27H,4-6,9-10,19-22H2,(H,35,36)(H,37,38)(H,39,40). The Morgan fingerprint density at radius 3 is 2.21 bits per heavy atom. The summed E-state index contributed by atoms with van der Waals surface area (Å²) in [6.45, 7) is 1.18. The summed E-state index contributed by atoms with van der Waals surface area (Å²) < 4.78 is 17.2. The highest BCUT2D eigenvalue weighted by Crippen LogP contribution is 2.26. The van der Waals surface area contributed by atoms with Crippen molar-refractivity contribution in [3.05, 3.63) is 89.5 Å². The largest absolute Gasteiger partial charge is 0.494 e. The summed E-state index contributed by atoms with van der Waals surface area (Å²) in [4.78, 5) is 36.0. The number of rotatable bonds is 13. The zero-order chi connectivity index (χ0) is 30.4. The third-order valence-corrected chi connectivity index (χ3v) is 7.04. The highest BCUT2D eigenvalue weighted by atomic mass is 16.5. The molecule has 1 amide bonds. The van der Waals surface area contributed by atoms with Gasteiger partial charge in [0.05, 0.1) is 30.3 Å². The Balaban J connectivity index is 1.25. The van der Waals surface area contributed by atoms with Gasteiger partial charge in [0.2, 0.25) is 0 Å². The van der Waals surface area contributed by atoms with Gasteiger partial charge in [-0.2, -0.15) is 0 Å². The number of benzene rings is 3. The van der Waals surface area contributed by atoms with Gasteiger partial charge in [-0.25, -0.2) is 4.79 Å². The minimum Gasteiger partial charge on any atom is -0.494 e. The average Bonchev–Trinajstić information content (AvgIpc) is 3.02. The third kappa shape index (κ3) is 9.82. The zero-order valence-electron chi connectivity index (χ0n) is 23.8. The van der Waals surface area contributed by atoms with E-state index in [0.29, 0.717) is 38.9 Å². The zero-order valence-corrected chi connectivity index (χ0v) is 23.8. The molecule has 1 fully saturated rings. The summed E-state index contributed by atoms with van der Waals surface area (Å²) in [7, 11) is 0. The van der Waals surface area contributed by atoms with Gasteiger partial charge >= 0.3 is 11.9 Å². The number of carboxylic acid groups (broad SMARTS) is 2. The fraction of sp³-hybridized carbons (Fsp3) is 0.324. The van der Waals surface area contributed by atoms with Crippen LogP contribution in [0.4, 0.5) is 0 Å². The van der Waals surface area contributed by atoms with Gasteiger partial charge in [0.25, 0.3) is 5.91 Å². The molecule has 1 aliphatic rings. The number of carboxylic acids is 2. The van der Waals surface area contributed by atoms with Crippen LogP contribution in [0.5, 0.6) is 17.2 Å². The van der Waals surface area contributed by atoms with Crippen molar-refractivity contribution in [1.29, 1.82) is 0 Å². The summed E-state index contributed by atoms with van der Waals surface area (Å²) in [6, 6.07) is 20.8. The van der Waals surface area contributed by atoms with E-state index in [1.807, 2.05) is 54.6 Å². The van der Waals surface area contributed by atoms with Gasteiger partial charge < -0.3 is 29.7 Å². The molecule has 2 unspecified atom stereocenters. The first-order chi connectivity index (χ1) is 20.9. The summed E-state index contributed by atoms with van der Waals surface area (Å²) in [6.07, 6.45) is 3.99. The first kappa shape index (κ1) is 31.0. The van der Waals surface area contributed by atoms with Crippen molar-refractivity contribution in [3.63, 3.8) is 0 Å². The van der Waals surface area contributed by atoms with Crippen LogP contribution in [0.25, 0.3) is 0 Å². The fourth-order valence-electron chi connectivity index (χ4n) is 4.76. The molecule has 3 N–H and O–H groups in total. The Kier molecular flexibility index (Phi) is 11.4. The number of aliphatic carboxylic acids is 1. The van der Waals surface area contributed by atoms with Crippen LogP contribution < -0.4 is 19.5 Å². The van der Waals surface area contributed by atoms with Gasteiger partial charge in [0, 0.05) is 11.6 Å². The van der Waals surface area contributed by atoms with Gasteiger partial charge in [-0.1, -0.05) is 36.5 Å². The molecule has 3 aromatic rings. The molecule has 0 spiro atoms. The molecular formula is C34H35NO8. The maximum absolute atomic E-state index is 13.1. The van der Waals surface area contributed by atoms with Crippen LogP contribution in [0.3, 0.4) is 0 Å². The van der Waals surface area contributed by atoms with Gasteiger partial charge in [-0.05, 0) is 86.7 Å². The molecule has 0 heterocycles. The second-order valence-corrected chi connectivity index (χ2v) is 10.2. The van der Waals surface area contributed by atoms with E-state index in [-0.39, 0.29) is 29.5 Å². The lowest BCUT2D eigenvalue weighted by Gasteiger charge is -2.27. The fourth-order valence-corrected chi connectivity index (χ4v) is 4.76. The van der Waals surface area contributed by atoms with E-state index in [2.05, 4.69) is 17.2 Å². The van der Waals surface area contributed by atoms with Crippen molar-refractivity contribution in [1.82, 2.24) is 5.32 Å². The normalized spacial score (nSPS) is 15.8. The molecule has 4 rings (SSSR count). The molecule has 0 radical (unpaired) electrons. The van der Waals surface area contributed by atoms with E-state index in [1.54, 1.807) is 0 Å². The smallest absolute Gasteiger partial charge is 0.335 e. The van der Waals surface area contributed by atoms with Crippen LogP contribution in [0.2, 0.25) is 0 Å². The highest BCUT2D eigenvalue weighted by molar-refractivity contribution is 6.00. The van der Waals surface area contributed by atoms with Crippen molar-refractivity contribution in [2.24, 2.45) is 5.92 Å². The first-order valence-electron chi connectivity index (χ1n) is 14.3. The second-order valence-electron chi connectivity index (χ2n) is 10.2. The van der Waals surface area contributed by atoms with Crippen molar-refractivity contribution in [3.8, 4) is 29.1 Å². The second kappa shape index (κ2) is 15.9. The van der Waals surface area contributed by atoms with E-state index in [0.717, 1.165) is 29.9 Å². The molecule has 9 nitrogen and oxygen atoms in total. The van der Waals surface area contributed by atoms with Gasteiger partial charge in [-0.3, -0.25) is 9.59 Å². The van der Waals surface area contributed by atoms with E-state index in [1.165, 1.54) is 18.2 Å². The lowest BCUT2D eigenvalue weighted by atomic mass is 9.85. The lowest BCUT2D eigenvalue weighted by molar-refractivity contribution is -0.143. The van der Waals surface area contributed by atoms with Gasteiger partial charge in [0.1, 0.15) is 23.9 Å². The molecule has 224 valence electrons. The average molecular weight is 586 g/mol. The van der Waals surface area contributed by atoms with Gasteiger partial charge in [-0.15, -0.1) is 0 Å². The molecule has 1 saturated carbocycles. The van der Waals surface area contributed by atoms with Crippen LogP contribution in [0.15, 0.2) is 72.8 Å². The molecule has 1 aliphatic carbocycles. The van der Waals surface area contributed by atoms with Crippen molar-refractivity contribution < 1.29 is 38.8 Å². The summed E-state index contributed by atoms with van der Waals surface area (Å²) >= 11 is 0. The van der Waals surface area contributed by atoms with Crippen molar-refractivity contribution in [2.75, 3.05) is 19.8 Å². The number of carbonyl (C=O) groups excluding carboxylic acids is 1. The number of ether oxygens (including phenoxy) is 3. The van der Waals surface area contributed by atoms with Crippen LogP contribution >= 0.6 is 0 Å². The molecule has 0 aromatic heterocycles. The number of hydrogen-bond acceptors (Lipinski definition) is 6. The predicted octanol–water partition coefficient (Wildman–Crippen LogP) is 5.43. The monoisotopic (exact) mass is 585 g/mol. The van der Waals surface area contributed by atoms with Crippen LogP contribution in [-0.2, 0) is 4.79 Å². The first-order valence-corrected chi connectivity index (χ1v) is 14.3. The Bertz CT molecular complexity index is 1440. The van der Waals surface area contributed by atoms with Crippen LogP contribution in [0.1, 0.15) is 64.8 Å². The number of hydrogen-bond donors (Lipinski definition) is 3. The van der Waals surface area contributed by atoms with Crippen LogP contribution in [-0.4, -0.2) is 53.9 Å². The SMILES string of the molecule is O=C(O)c1ccc(OCC#Cc2ccc(OCCCCOc3ccccc3)cc2)c(C(=O)NC2CCCC(C(=O)O)C2)c1. The number of unbranched alkanes of at least 4 members (excludes halogenated alkanes) is 1. The topological polar surface area (TPSA) is 131 Å². The van der Waals surface area contributed by atoms with E-state index < -0.39 is 23.8 Å². The maximum Gasteiger partial charge on any atom is 0.335 e. The van der Waals surface area contributed by atoms with E-state index in [4.69, 9.17) is 14.2 Å². The molecule has 3 aromatic carbocycles. The summed E-state index contributed by atoms with van der Waals surface area (Å²) in [5.41, 5.74) is 0.766. The number of carbonyl (C=O) groups is 3. The molecule has 0 aliphatic heterocycles. The number of amides is 1. The lowest BCUT2D eigenvalue weighted by Crippen LogP contribution is -2.40. The molecule has 9 heteroatoms. The quantitative estimate of drug-likeness (QED) is 0.179. The number of nitrogens with one attached hydrogen (secondary N) is 1. The summed E-state index contributed by atoms with van der Waals surface area (Å²) in [5, 5.41) is 21.6. The Morgan fingerprint density at radius 2 is 1.53 bits per heavy atom. The van der Waals surface area contributed by atoms with E-state index in [9.17, 15) is 24.6 Å². The highest BCUT2D eigenvalue weighted by Gasteiger charge is 2.28. The Labute approximate surface area is 250 Å². The Hall–Kier alpha value is -4.97. The molecule has 2 atom stereocenters. The molecule has 43 heavy (non-hydrogen) atoms. The summed E-state index contributed by atoms with van der Waals surface area (Å²) in [5.74, 6) is 4.64. The molecule has 0 bridgehead atoms. The Morgan fingerprint density at radius 1 is 0.837 bits per heavy atom. The predicted molar refractivity (Wildman–Crippen MR) is 160 cm³/mol. The molecular weight excluding hydrogens is 550 g/mol. The minimum atomic E-state index is -1.17. The maximum atomic E-state index is 13.1. The molecule has 0 saturated heterocycles. The van der Waals surface area contributed by atoms with Gasteiger partial charge in [0.15, 0.2) is 0 Å². The number of aromatic carboxylic acids is 1.